The van der Waals surface area contributed by atoms with Crippen LogP contribution in [0, 0.1) is 5.92 Å². The van der Waals surface area contributed by atoms with Crippen LogP contribution in [-0.4, -0.2) is 48.8 Å². The molecule has 32 heavy (non-hydrogen) atoms. The number of hydrogen-bond acceptors (Lipinski definition) is 6. The molecular formula is C25H33N3O4. The van der Waals surface area contributed by atoms with Gasteiger partial charge in [0.15, 0.2) is 0 Å². The molecule has 0 aliphatic carbocycles. The second-order valence-corrected chi connectivity index (χ2v) is 8.47. The Bertz CT molecular complexity index is 904. The summed E-state index contributed by atoms with van der Waals surface area (Å²) < 4.78 is 11.2. The van der Waals surface area contributed by atoms with Crippen molar-refractivity contribution in [2.24, 2.45) is 5.92 Å². The maximum Gasteiger partial charge on any atom is 0.242 e. The number of aromatic hydroxyl groups is 1. The second kappa shape index (κ2) is 10.3. The van der Waals surface area contributed by atoms with Gasteiger partial charge in [0.25, 0.3) is 0 Å². The molecule has 4 unspecified atom stereocenters. The number of hydrogen-bond donors (Lipinski definition) is 3. The van der Waals surface area contributed by atoms with E-state index in [1.807, 2.05) is 29.2 Å². The Labute approximate surface area is 189 Å². The van der Waals surface area contributed by atoms with Crippen LogP contribution in [0.1, 0.15) is 49.4 Å². The predicted molar refractivity (Wildman–Crippen MR) is 122 cm³/mol. The lowest BCUT2D eigenvalue weighted by atomic mass is 9.83. The van der Waals surface area contributed by atoms with E-state index in [0.29, 0.717) is 19.8 Å². The number of carbonyl (C=O) groups is 1. The third kappa shape index (κ3) is 4.46. The monoisotopic (exact) mass is 439 g/mol. The number of unbranched alkanes of at least 4 members (excludes halogenated alkanes) is 2. The van der Waals surface area contributed by atoms with E-state index < -0.39 is 0 Å². The van der Waals surface area contributed by atoms with Gasteiger partial charge in [-0.3, -0.25) is 4.79 Å². The van der Waals surface area contributed by atoms with E-state index in [2.05, 4.69) is 29.9 Å². The molecule has 0 aromatic heterocycles. The second-order valence-electron chi connectivity index (χ2n) is 8.47. The molecule has 2 aromatic rings. The largest absolute Gasteiger partial charge is 0.508 e. The Kier molecular flexibility index (Phi) is 7.29. The summed E-state index contributed by atoms with van der Waals surface area (Å²) in [5.74, 6) is 1.03. The van der Waals surface area contributed by atoms with Gasteiger partial charge in [-0.05, 0) is 30.2 Å². The van der Waals surface area contributed by atoms with Crippen LogP contribution in [0.3, 0.4) is 0 Å². The van der Waals surface area contributed by atoms with Crippen molar-refractivity contribution in [3.8, 4) is 11.5 Å². The third-order valence-electron chi connectivity index (χ3n) is 6.46. The van der Waals surface area contributed by atoms with Crippen LogP contribution in [0.4, 0.5) is 0 Å². The van der Waals surface area contributed by atoms with Crippen LogP contribution in [-0.2, 0) is 9.53 Å². The Morgan fingerprint density at radius 1 is 1.00 bits per heavy atom. The molecule has 2 aromatic carbocycles. The molecule has 4 atom stereocenters. The smallest absolute Gasteiger partial charge is 0.242 e. The first-order chi connectivity index (χ1) is 15.7. The molecule has 3 N–H and O–H groups in total. The van der Waals surface area contributed by atoms with Crippen LogP contribution in [0.25, 0.3) is 0 Å². The lowest BCUT2D eigenvalue weighted by Gasteiger charge is -2.31. The molecule has 2 fully saturated rings. The van der Waals surface area contributed by atoms with E-state index in [1.54, 1.807) is 19.2 Å². The highest BCUT2D eigenvalue weighted by Gasteiger charge is 2.55. The average molecular weight is 440 g/mol. The van der Waals surface area contributed by atoms with Gasteiger partial charge < -0.3 is 19.5 Å². The number of amides is 1. The van der Waals surface area contributed by atoms with Gasteiger partial charge in [0.1, 0.15) is 17.5 Å². The van der Waals surface area contributed by atoms with E-state index in [4.69, 9.17) is 9.47 Å². The lowest BCUT2D eigenvalue weighted by Crippen LogP contribution is -2.42. The lowest BCUT2D eigenvalue weighted by molar-refractivity contribution is -0.131. The number of nitrogens with zero attached hydrogens (tertiary/aromatic N) is 1. The van der Waals surface area contributed by atoms with Crippen molar-refractivity contribution in [3.05, 3.63) is 59.7 Å². The zero-order valence-corrected chi connectivity index (χ0v) is 18.8. The average Bonchev–Trinajstić information content (AvgIpc) is 3.35. The SMILES string of the molecule is CCCCCOc1ccc(C2C3C(NNC3c3ccccc3O)C(=O)N2CCOC)cc1. The van der Waals surface area contributed by atoms with Gasteiger partial charge in [-0.25, -0.2) is 10.9 Å². The molecule has 0 spiro atoms. The van der Waals surface area contributed by atoms with Crippen molar-refractivity contribution in [3.63, 3.8) is 0 Å². The summed E-state index contributed by atoms with van der Waals surface area (Å²) in [6.07, 6.45) is 3.37. The number of phenols is 1. The first-order valence-electron chi connectivity index (χ1n) is 11.5. The van der Waals surface area contributed by atoms with E-state index in [0.717, 1.165) is 36.1 Å². The number of ether oxygens (including phenoxy) is 2. The molecular weight excluding hydrogens is 406 g/mol. The standard InChI is InChI=1S/C25H33N3O4/c1-3-4-7-15-32-18-12-10-17(11-13-18)24-21-22(19-8-5-6-9-20(19)29)26-27-23(21)25(30)28(24)14-16-31-2/h5-6,8-13,21-24,26-27,29H,3-4,7,14-16H2,1-2H3. The fourth-order valence-electron chi connectivity index (χ4n) is 4.86. The predicted octanol–water partition coefficient (Wildman–Crippen LogP) is 3.32. The molecule has 0 radical (unpaired) electrons. The van der Waals surface area contributed by atoms with E-state index in [-0.39, 0.29) is 35.7 Å². The number of phenolic OH excluding ortho intramolecular Hbond substituents is 1. The van der Waals surface area contributed by atoms with Crippen molar-refractivity contribution in [2.75, 3.05) is 26.9 Å². The van der Waals surface area contributed by atoms with E-state index in [9.17, 15) is 9.90 Å². The molecule has 0 bridgehead atoms. The van der Waals surface area contributed by atoms with Crippen LogP contribution < -0.4 is 15.6 Å². The number of fused-ring (bicyclic) bond motifs is 1. The van der Waals surface area contributed by atoms with Gasteiger partial charge in [0.05, 0.1) is 25.3 Å². The van der Waals surface area contributed by atoms with Gasteiger partial charge in [-0.1, -0.05) is 50.1 Å². The number of benzene rings is 2. The first-order valence-corrected chi connectivity index (χ1v) is 11.5. The zero-order chi connectivity index (χ0) is 22.5. The van der Waals surface area contributed by atoms with Crippen molar-refractivity contribution in [1.29, 1.82) is 0 Å². The Hall–Kier alpha value is -2.61. The minimum atomic E-state index is -0.369. The summed E-state index contributed by atoms with van der Waals surface area (Å²) >= 11 is 0. The van der Waals surface area contributed by atoms with Crippen molar-refractivity contribution in [2.45, 2.75) is 44.3 Å². The summed E-state index contributed by atoms with van der Waals surface area (Å²) in [7, 11) is 1.64. The molecule has 0 saturated carbocycles. The molecule has 7 nitrogen and oxygen atoms in total. The maximum atomic E-state index is 13.3. The summed E-state index contributed by atoms with van der Waals surface area (Å²) in [5, 5.41) is 10.5. The summed E-state index contributed by atoms with van der Waals surface area (Å²) in [5.41, 5.74) is 8.28. The van der Waals surface area contributed by atoms with Gasteiger partial charge in [0.2, 0.25) is 5.91 Å². The summed E-state index contributed by atoms with van der Waals surface area (Å²) in [6, 6.07) is 14.7. The Balaban J connectivity index is 1.61. The highest BCUT2D eigenvalue weighted by molar-refractivity contribution is 5.86. The zero-order valence-electron chi connectivity index (χ0n) is 18.8. The molecule has 4 rings (SSSR count). The molecule has 2 heterocycles. The highest BCUT2D eigenvalue weighted by Crippen LogP contribution is 2.48. The van der Waals surface area contributed by atoms with Crippen LogP contribution in [0.15, 0.2) is 48.5 Å². The third-order valence-corrected chi connectivity index (χ3v) is 6.46. The topological polar surface area (TPSA) is 83.1 Å². The normalized spacial score (nSPS) is 24.7. The van der Waals surface area contributed by atoms with Crippen LogP contribution in [0.5, 0.6) is 11.5 Å². The van der Waals surface area contributed by atoms with Crippen LogP contribution in [0.2, 0.25) is 0 Å². The van der Waals surface area contributed by atoms with Crippen LogP contribution >= 0.6 is 0 Å². The maximum absolute atomic E-state index is 13.3. The van der Waals surface area contributed by atoms with Crippen molar-refractivity contribution < 1.29 is 19.4 Å². The van der Waals surface area contributed by atoms with E-state index in [1.165, 1.54) is 0 Å². The molecule has 1 amide bonds. The van der Waals surface area contributed by atoms with Gasteiger partial charge in [0, 0.05) is 25.1 Å². The van der Waals surface area contributed by atoms with Crippen molar-refractivity contribution >= 4 is 5.91 Å². The number of nitrogens with one attached hydrogen (secondary N) is 2. The fraction of sp³-hybridized carbons (Fsp3) is 0.480. The number of hydrazine groups is 1. The molecule has 2 saturated heterocycles. The van der Waals surface area contributed by atoms with Crippen molar-refractivity contribution in [1.82, 2.24) is 15.8 Å². The number of methoxy groups -OCH3 is 1. The highest BCUT2D eigenvalue weighted by atomic mass is 16.5. The fourth-order valence-corrected chi connectivity index (χ4v) is 4.86. The van der Waals surface area contributed by atoms with Gasteiger partial charge in [-0.2, -0.15) is 0 Å². The number of likely N-dealkylation sites (tertiary alicyclic amines) is 1. The summed E-state index contributed by atoms with van der Waals surface area (Å²) in [6.45, 7) is 3.87. The molecule has 172 valence electrons. The van der Waals surface area contributed by atoms with E-state index >= 15 is 0 Å². The van der Waals surface area contributed by atoms with Gasteiger partial charge in [-0.15, -0.1) is 0 Å². The quantitative estimate of drug-likeness (QED) is 0.493. The Morgan fingerprint density at radius 3 is 2.47 bits per heavy atom. The number of carbonyl (C=O) groups excluding carboxylic acids is 1. The minimum Gasteiger partial charge on any atom is -0.508 e. The molecule has 7 heteroatoms. The Morgan fingerprint density at radius 2 is 1.75 bits per heavy atom. The number of para-hydroxylation sites is 1. The molecule has 2 aliphatic heterocycles. The number of rotatable bonds is 10. The first kappa shape index (κ1) is 22.6. The van der Waals surface area contributed by atoms with Gasteiger partial charge >= 0.3 is 0 Å². The summed E-state index contributed by atoms with van der Waals surface area (Å²) in [4.78, 5) is 15.2. The minimum absolute atomic E-state index is 0.0439. The molecule has 2 aliphatic rings.